The first-order chi connectivity index (χ1) is 9.90. The minimum atomic E-state index is -1.62. The number of anilines is 1. The first-order valence-corrected chi connectivity index (χ1v) is 5.87. The minimum absolute atomic E-state index is 0.0125. The third kappa shape index (κ3) is 1.94. The van der Waals surface area contributed by atoms with Crippen molar-refractivity contribution in [2.24, 2.45) is 0 Å². The van der Waals surface area contributed by atoms with Crippen LogP contribution < -0.4 is 11.3 Å². The lowest BCUT2D eigenvalue weighted by Crippen LogP contribution is -2.35. The van der Waals surface area contributed by atoms with E-state index in [0.717, 1.165) is 10.9 Å². The van der Waals surface area contributed by atoms with Crippen molar-refractivity contribution in [1.82, 2.24) is 19.5 Å². The van der Waals surface area contributed by atoms with Crippen LogP contribution in [0.1, 0.15) is 6.23 Å². The van der Waals surface area contributed by atoms with Crippen LogP contribution >= 0.6 is 0 Å². The van der Waals surface area contributed by atoms with Gasteiger partial charge in [-0.15, -0.1) is 0 Å². The summed E-state index contributed by atoms with van der Waals surface area (Å²) in [6.45, 7) is 0. The van der Waals surface area contributed by atoms with Crippen LogP contribution in [-0.4, -0.2) is 59.1 Å². The van der Waals surface area contributed by atoms with Gasteiger partial charge >= 0.3 is 5.97 Å². The second-order valence-corrected chi connectivity index (χ2v) is 4.54. The Bertz CT molecular complexity index is 769. The number of aliphatic carboxylic acids is 1. The molecule has 2 aromatic rings. The second kappa shape index (κ2) is 4.51. The van der Waals surface area contributed by atoms with E-state index < -0.39 is 36.1 Å². The van der Waals surface area contributed by atoms with Gasteiger partial charge in [0.05, 0.1) is 6.33 Å². The largest absolute Gasteiger partial charge is 0.479 e. The third-order valence-electron chi connectivity index (χ3n) is 3.21. The molecule has 1 fully saturated rings. The fraction of sp³-hybridized carbons (Fsp3) is 0.400. The summed E-state index contributed by atoms with van der Waals surface area (Å²) < 4.78 is 6.26. The highest BCUT2D eigenvalue weighted by Gasteiger charge is 2.48. The van der Waals surface area contributed by atoms with Gasteiger partial charge in [-0.25, -0.2) is 9.78 Å². The number of hydrogen-bond acceptors (Lipinski definition) is 8. The molecule has 0 radical (unpaired) electrons. The lowest BCUT2D eigenvalue weighted by molar-refractivity contribution is -0.155. The number of aromatic nitrogens is 4. The maximum Gasteiger partial charge on any atom is 0.335 e. The van der Waals surface area contributed by atoms with E-state index >= 15 is 0 Å². The van der Waals surface area contributed by atoms with Gasteiger partial charge in [0, 0.05) is 0 Å². The Balaban J connectivity index is 2.09. The number of nitrogens with zero attached hydrogens (tertiary/aromatic N) is 3. The second-order valence-electron chi connectivity index (χ2n) is 4.54. The van der Waals surface area contributed by atoms with Gasteiger partial charge in [0.2, 0.25) is 5.95 Å². The summed E-state index contributed by atoms with van der Waals surface area (Å²) in [5, 5.41) is 28.5. The summed E-state index contributed by atoms with van der Waals surface area (Å²) >= 11 is 0. The van der Waals surface area contributed by atoms with Crippen LogP contribution in [-0.2, 0) is 9.53 Å². The summed E-state index contributed by atoms with van der Waals surface area (Å²) in [7, 11) is 0. The molecule has 0 aliphatic carbocycles. The maximum atomic E-state index is 11.6. The van der Waals surface area contributed by atoms with E-state index in [1.54, 1.807) is 0 Å². The SMILES string of the molecule is Nc1nc2c(ncn2C2OC(C(=O)O)C(O)C2O)c(=O)[nH]1. The van der Waals surface area contributed by atoms with Crippen LogP contribution in [0.2, 0.25) is 0 Å². The van der Waals surface area contributed by atoms with Gasteiger partial charge < -0.3 is 25.8 Å². The predicted molar refractivity (Wildman–Crippen MR) is 66.1 cm³/mol. The lowest BCUT2D eigenvalue weighted by atomic mass is 10.1. The fourth-order valence-electron chi connectivity index (χ4n) is 2.22. The van der Waals surface area contributed by atoms with Crippen molar-refractivity contribution >= 4 is 23.1 Å². The predicted octanol–water partition coefficient (Wildman–Crippen LogP) is -2.59. The summed E-state index contributed by atoms with van der Waals surface area (Å²) in [4.78, 5) is 32.5. The Kier molecular flexibility index (Phi) is 2.90. The number of hydrogen-bond donors (Lipinski definition) is 5. The van der Waals surface area contributed by atoms with Gasteiger partial charge in [0.1, 0.15) is 12.2 Å². The van der Waals surface area contributed by atoms with Crippen molar-refractivity contribution in [2.45, 2.75) is 24.5 Å². The Morgan fingerprint density at radius 1 is 1.43 bits per heavy atom. The standard InChI is InChI=1S/C10H11N5O6/c11-10-13-6-2(7(18)14-10)12-1-15(6)8-4(17)3(16)5(21-8)9(19)20/h1,3-5,8,16-17H,(H,19,20)(H3,11,13,14,18). The molecule has 1 saturated heterocycles. The first kappa shape index (κ1) is 13.5. The molecule has 0 spiro atoms. The molecule has 21 heavy (non-hydrogen) atoms. The van der Waals surface area contributed by atoms with Gasteiger partial charge in [-0.05, 0) is 0 Å². The van der Waals surface area contributed by atoms with Crippen LogP contribution in [0.5, 0.6) is 0 Å². The Morgan fingerprint density at radius 2 is 2.14 bits per heavy atom. The van der Waals surface area contributed by atoms with Gasteiger partial charge in [-0.3, -0.25) is 14.3 Å². The zero-order valence-electron chi connectivity index (χ0n) is 10.4. The summed E-state index contributed by atoms with van der Waals surface area (Å²) in [6.07, 6.45) is -4.84. The molecule has 3 heterocycles. The molecule has 2 aromatic heterocycles. The average molecular weight is 297 g/mol. The van der Waals surface area contributed by atoms with E-state index in [0.29, 0.717) is 0 Å². The zero-order chi connectivity index (χ0) is 15.3. The number of fused-ring (bicyclic) bond motifs is 1. The van der Waals surface area contributed by atoms with E-state index in [1.807, 2.05) is 0 Å². The van der Waals surface area contributed by atoms with Crippen LogP contribution in [0.3, 0.4) is 0 Å². The van der Waals surface area contributed by atoms with E-state index in [1.165, 1.54) is 0 Å². The number of ether oxygens (including phenoxy) is 1. The zero-order valence-corrected chi connectivity index (χ0v) is 10.4. The van der Waals surface area contributed by atoms with E-state index in [2.05, 4.69) is 15.0 Å². The van der Waals surface area contributed by atoms with Crippen molar-refractivity contribution in [3.63, 3.8) is 0 Å². The minimum Gasteiger partial charge on any atom is -0.479 e. The number of imidazole rings is 1. The van der Waals surface area contributed by atoms with Gasteiger partial charge in [-0.1, -0.05) is 0 Å². The van der Waals surface area contributed by atoms with Crippen LogP contribution in [0.4, 0.5) is 5.95 Å². The number of aliphatic hydroxyl groups excluding tert-OH is 2. The molecule has 0 amide bonds. The monoisotopic (exact) mass is 297 g/mol. The molecule has 3 rings (SSSR count). The highest BCUT2D eigenvalue weighted by molar-refractivity contribution is 5.74. The number of rotatable bonds is 2. The third-order valence-corrected chi connectivity index (χ3v) is 3.21. The normalized spacial score (nSPS) is 29.0. The number of aliphatic hydroxyl groups is 2. The summed E-state index contributed by atoms with van der Waals surface area (Å²) in [5.41, 5.74) is 4.81. The molecule has 11 heteroatoms. The molecule has 4 unspecified atom stereocenters. The molecule has 112 valence electrons. The van der Waals surface area contributed by atoms with Crippen molar-refractivity contribution < 1.29 is 24.9 Å². The first-order valence-electron chi connectivity index (χ1n) is 5.87. The molecule has 4 atom stereocenters. The Labute approximate surface area is 115 Å². The van der Waals surface area contributed by atoms with Gasteiger partial charge in [-0.2, -0.15) is 4.98 Å². The Hall–Kier alpha value is -2.50. The van der Waals surface area contributed by atoms with Crippen LogP contribution in [0, 0.1) is 0 Å². The number of aromatic amines is 1. The number of H-pyrrole nitrogens is 1. The topological polar surface area (TPSA) is 177 Å². The molecule has 0 saturated carbocycles. The van der Waals surface area contributed by atoms with E-state index in [-0.39, 0.29) is 17.1 Å². The molecule has 1 aliphatic rings. The van der Waals surface area contributed by atoms with Gasteiger partial charge in [0.15, 0.2) is 23.5 Å². The van der Waals surface area contributed by atoms with Crippen molar-refractivity contribution in [3.05, 3.63) is 16.7 Å². The van der Waals surface area contributed by atoms with E-state index in [9.17, 15) is 19.8 Å². The average Bonchev–Trinajstić information content (AvgIpc) is 2.93. The lowest BCUT2D eigenvalue weighted by Gasteiger charge is -2.16. The number of nitrogens with one attached hydrogen (secondary N) is 1. The van der Waals surface area contributed by atoms with Crippen molar-refractivity contribution in [3.8, 4) is 0 Å². The molecular formula is C10H11N5O6. The molecule has 6 N–H and O–H groups in total. The van der Waals surface area contributed by atoms with Crippen molar-refractivity contribution in [2.75, 3.05) is 5.73 Å². The number of carboxylic acids is 1. The summed E-state index contributed by atoms with van der Waals surface area (Å²) in [6, 6.07) is 0. The number of nitrogens with two attached hydrogens (primary N) is 1. The summed E-state index contributed by atoms with van der Waals surface area (Å²) in [5.74, 6) is -1.59. The van der Waals surface area contributed by atoms with Crippen LogP contribution in [0.15, 0.2) is 11.1 Å². The number of carboxylic acid groups (broad SMARTS) is 1. The highest BCUT2D eigenvalue weighted by atomic mass is 16.6. The quantitative estimate of drug-likeness (QED) is 0.397. The molecule has 0 bridgehead atoms. The molecule has 1 aliphatic heterocycles. The van der Waals surface area contributed by atoms with Gasteiger partial charge in [0.25, 0.3) is 5.56 Å². The van der Waals surface area contributed by atoms with Crippen LogP contribution in [0.25, 0.3) is 11.2 Å². The molecule has 0 aromatic carbocycles. The Morgan fingerprint density at radius 3 is 2.76 bits per heavy atom. The maximum absolute atomic E-state index is 11.6. The fourth-order valence-corrected chi connectivity index (χ4v) is 2.22. The number of nitrogen functional groups attached to an aromatic ring is 1. The van der Waals surface area contributed by atoms with Crippen molar-refractivity contribution in [1.29, 1.82) is 0 Å². The highest BCUT2D eigenvalue weighted by Crippen LogP contribution is 2.31. The van der Waals surface area contributed by atoms with E-state index in [4.69, 9.17) is 15.6 Å². The molecule has 11 nitrogen and oxygen atoms in total. The number of carbonyl (C=O) groups is 1. The smallest absolute Gasteiger partial charge is 0.335 e. The molecular weight excluding hydrogens is 286 g/mol.